The number of benzene rings is 1. The van der Waals surface area contributed by atoms with Gasteiger partial charge in [-0.3, -0.25) is 9.59 Å². The number of hydrogen-bond acceptors (Lipinski definition) is 2. The molecular formula is C17H21NO3. The zero-order chi connectivity index (χ0) is 14.8. The molecule has 0 saturated carbocycles. The van der Waals surface area contributed by atoms with E-state index in [4.69, 9.17) is 5.11 Å². The number of rotatable bonds is 3. The fourth-order valence-corrected chi connectivity index (χ4v) is 3.51. The number of aliphatic carboxylic acids is 1. The molecule has 112 valence electrons. The molecule has 0 radical (unpaired) electrons. The van der Waals surface area contributed by atoms with Gasteiger partial charge in [-0.25, -0.2) is 0 Å². The average molecular weight is 287 g/mol. The first kappa shape index (κ1) is 14.1. The lowest BCUT2D eigenvalue weighted by atomic mass is 9.82. The van der Waals surface area contributed by atoms with Crippen LogP contribution in [-0.4, -0.2) is 35.0 Å². The third kappa shape index (κ3) is 3.09. The summed E-state index contributed by atoms with van der Waals surface area (Å²) in [7, 11) is 0. The zero-order valence-corrected chi connectivity index (χ0v) is 12.1. The molecular weight excluding hydrogens is 266 g/mol. The molecule has 21 heavy (non-hydrogen) atoms. The summed E-state index contributed by atoms with van der Waals surface area (Å²) in [5.41, 5.74) is 2.78. The Morgan fingerprint density at radius 2 is 1.95 bits per heavy atom. The van der Waals surface area contributed by atoms with Crippen LogP contribution < -0.4 is 0 Å². The molecule has 4 heteroatoms. The maximum absolute atomic E-state index is 12.3. The smallest absolute Gasteiger partial charge is 0.308 e. The Morgan fingerprint density at radius 3 is 2.67 bits per heavy atom. The number of amides is 1. The maximum Gasteiger partial charge on any atom is 0.308 e. The van der Waals surface area contributed by atoms with Gasteiger partial charge in [0.2, 0.25) is 5.91 Å². The van der Waals surface area contributed by atoms with E-state index in [1.165, 1.54) is 11.1 Å². The van der Waals surface area contributed by atoms with Crippen LogP contribution in [0.5, 0.6) is 0 Å². The molecule has 1 aromatic carbocycles. The van der Waals surface area contributed by atoms with Gasteiger partial charge in [0.05, 0.1) is 5.92 Å². The molecule has 2 aliphatic rings. The molecule has 2 atom stereocenters. The Bertz CT molecular complexity index is 555. The molecule has 0 bridgehead atoms. The number of nitrogens with zero attached hydrogens (tertiary/aromatic N) is 1. The van der Waals surface area contributed by atoms with Crippen molar-refractivity contribution in [2.24, 2.45) is 11.8 Å². The topological polar surface area (TPSA) is 57.6 Å². The lowest BCUT2D eigenvalue weighted by Gasteiger charge is -2.26. The quantitative estimate of drug-likeness (QED) is 0.926. The number of carbonyl (C=O) groups is 2. The Hall–Kier alpha value is -1.84. The Labute approximate surface area is 124 Å². The van der Waals surface area contributed by atoms with E-state index >= 15 is 0 Å². The van der Waals surface area contributed by atoms with Gasteiger partial charge >= 0.3 is 5.97 Å². The maximum atomic E-state index is 12.3. The summed E-state index contributed by atoms with van der Waals surface area (Å²) in [5.74, 6) is -0.627. The van der Waals surface area contributed by atoms with E-state index in [9.17, 15) is 9.59 Å². The molecule has 1 N–H and O–H groups in total. The second-order valence-corrected chi connectivity index (χ2v) is 6.25. The number of carbonyl (C=O) groups excluding carboxylic acids is 1. The molecule has 1 amide bonds. The highest BCUT2D eigenvalue weighted by Crippen LogP contribution is 2.28. The molecule has 1 heterocycles. The molecule has 1 fully saturated rings. The van der Waals surface area contributed by atoms with Crippen molar-refractivity contribution in [3.8, 4) is 0 Å². The van der Waals surface area contributed by atoms with Crippen LogP contribution in [0.4, 0.5) is 0 Å². The van der Waals surface area contributed by atoms with Gasteiger partial charge < -0.3 is 10.0 Å². The van der Waals surface area contributed by atoms with Crippen molar-refractivity contribution in [1.29, 1.82) is 0 Å². The van der Waals surface area contributed by atoms with Crippen molar-refractivity contribution >= 4 is 11.9 Å². The Kier molecular flexibility index (Phi) is 3.95. The lowest BCUT2D eigenvalue weighted by Crippen LogP contribution is -2.32. The second kappa shape index (κ2) is 5.88. The van der Waals surface area contributed by atoms with Crippen LogP contribution in [-0.2, 0) is 22.4 Å². The van der Waals surface area contributed by atoms with Gasteiger partial charge in [0.25, 0.3) is 0 Å². The monoisotopic (exact) mass is 287 g/mol. The number of hydrogen-bond donors (Lipinski definition) is 1. The summed E-state index contributed by atoms with van der Waals surface area (Å²) in [6.45, 7) is 0.983. The highest BCUT2D eigenvalue weighted by Gasteiger charge is 2.32. The highest BCUT2D eigenvalue weighted by atomic mass is 16.4. The summed E-state index contributed by atoms with van der Waals surface area (Å²) in [4.78, 5) is 25.0. The van der Waals surface area contributed by atoms with Crippen LogP contribution in [0.1, 0.15) is 30.4 Å². The number of likely N-dealkylation sites (tertiary alicyclic amines) is 1. The minimum absolute atomic E-state index is 0.128. The minimum Gasteiger partial charge on any atom is -0.481 e. The van der Waals surface area contributed by atoms with Gasteiger partial charge in [0.15, 0.2) is 0 Å². The van der Waals surface area contributed by atoms with Gasteiger partial charge in [-0.2, -0.15) is 0 Å². The lowest BCUT2D eigenvalue weighted by molar-refractivity contribution is -0.141. The molecule has 1 saturated heterocycles. The average Bonchev–Trinajstić information content (AvgIpc) is 2.97. The number of fused-ring (bicyclic) bond motifs is 1. The third-order valence-electron chi connectivity index (χ3n) is 4.80. The summed E-state index contributed by atoms with van der Waals surface area (Å²) in [6, 6.07) is 8.45. The van der Waals surface area contributed by atoms with Crippen molar-refractivity contribution in [3.63, 3.8) is 0 Å². The van der Waals surface area contributed by atoms with Gasteiger partial charge in [-0.1, -0.05) is 24.3 Å². The second-order valence-electron chi connectivity index (χ2n) is 6.25. The fourth-order valence-electron chi connectivity index (χ4n) is 3.51. The molecule has 1 aliphatic carbocycles. The zero-order valence-electron chi connectivity index (χ0n) is 12.1. The van der Waals surface area contributed by atoms with Crippen LogP contribution in [0, 0.1) is 11.8 Å². The van der Waals surface area contributed by atoms with Gasteiger partial charge in [-0.15, -0.1) is 0 Å². The van der Waals surface area contributed by atoms with Crippen molar-refractivity contribution in [2.75, 3.05) is 13.1 Å². The van der Waals surface area contributed by atoms with Crippen LogP contribution in [0.2, 0.25) is 0 Å². The predicted octanol–water partition coefficient (Wildman–Crippen LogP) is 2.11. The number of carboxylic acid groups (broad SMARTS) is 1. The van der Waals surface area contributed by atoms with Crippen LogP contribution in [0.25, 0.3) is 0 Å². The van der Waals surface area contributed by atoms with Crippen molar-refractivity contribution in [2.45, 2.75) is 32.1 Å². The van der Waals surface area contributed by atoms with E-state index < -0.39 is 5.97 Å². The first-order valence-corrected chi connectivity index (χ1v) is 7.71. The van der Waals surface area contributed by atoms with Gasteiger partial charge in [0.1, 0.15) is 0 Å². The van der Waals surface area contributed by atoms with Gasteiger partial charge in [0, 0.05) is 19.5 Å². The minimum atomic E-state index is -0.781. The van der Waals surface area contributed by atoms with Crippen LogP contribution in [0.15, 0.2) is 24.3 Å². The SMILES string of the molecule is O=C(O)[C@H]1CCN(C(=O)C[C@@H]2CCc3ccccc3C2)C1. The van der Waals surface area contributed by atoms with E-state index in [1.807, 2.05) is 0 Å². The van der Waals surface area contributed by atoms with E-state index in [2.05, 4.69) is 24.3 Å². The standard InChI is InChI=1S/C17H21NO3/c19-16(18-8-7-15(11-18)17(20)21)10-12-5-6-13-3-1-2-4-14(13)9-12/h1-4,12,15H,5-11H2,(H,20,21)/t12-,15+/m1/s1. The van der Waals surface area contributed by atoms with E-state index in [0.717, 1.165) is 19.3 Å². The molecule has 0 spiro atoms. The van der Waals surface area contributed by atoms with Crippen molar-refractivity contribution in [1.82, 2.24) is 4.90 Å². The molecule has 1 aromatic rings. The first-order chi connectivity index (χ1) is 10.1. The molecule has 0 aromatic heterocycles. The van der Waals surface area contributed by atoms with Crippen LogP contribution >= 0.6 is 0 Å². The van der Waals surface area contributed by atoms with Gasteiger partial charge in [-0.05, 0) is 42.7 Å². The number of aryl methyl sites for hydroxylation is 1. The molecule has 3 rings (SSSR count). The summed E-state index contributed by atoms with van der Waals surface area (Å²) in [6.07, 6.45) is 4.22. The number of carboxylic acids is 1. The Morgan fingerprint density at radius 1 is 1.19 bits per heavy atom. The van der Waals surface area contributed by atoms with Crippen molar-refractivity contribution < 1.29 is 14.7 Å². The van der Waals surface area contributed by atoms with Crippen LogP contribution in [0.3, 0.4) is 0 Å². The molecule has 4 nitrogen and oxygen atoms in total. The normalized spacial score (nSPS) is 24.7. The largest absolute Gasteiger partial charge is 0.481 e. The van der Waals surface area contributed by atoms with Crippen molar-refractivity contribution in [3.05, 3.63) is 35.4 Å². The summed E-state index contributed by atoms with van der Waals surface area (Å²) >= 11 is 0. The third-order valence-corrected chi connectivity index (χ3v) is 4.80. The van der Waals surface area contributed by atoms with E-state index in [0.29, 0.717) is 31.8 Å². The summed E-state index contributed by atoms with van der Waals surface area (Å²) < 4.78 is 0. The molecule has 1 aliphatic heterocycles. The van der Waals surface area contributed by atoms with E-state index in [1.54, 1.807) is 4.90 Å². The predicted molar refractivity (Wildman–Crippen MR) is 78.9 cm³/mol. The summed E-state index contributed by atoms with van der Waals surface area (Å²) in [5, 5.41) is 9.01. The van der Waals surface area contributed by atoms with E-state index in [-0.39, 0.29) is 11.8 Å². The Balaban J connectivity index is 1.56. The fraction of sp³-hybridized carbons (Fsp3) is 0.529. The highest BCUT2D eigenvalue weighted by molar-refractivity contribution is 5.79. The molecule has 0 unspecified atom stereocenters. The first-order valence-electron chi connectivity index (χ1n) is 7.71.